The minimum atomic E-state index is -4.60. The van der Waals surface area contributed by atoms with E-state index in [1.54, 1.807) is 0 Å². The fourth-order valence-corrected chi connectivity index (χ4v) is 1.13. The van der Waals surface area contributed by atoms with E-state index in [4.69, 9.17) is 0 Å². The van der Waals surface area contributed by atoms with Crippen LogP contribution in [-0.4, -0.2) is 21.0 Å². The van der Waals surface area contributed by atoms with Crippen molar-refractivity contribution in [3.8, 4) is 0 Å². The summed E-state index contributed by atoms with van der Waals surface area (Å²) in [6, 6.07) is 0. The Balaban J connectivity index is 4.86. The van der Waals surface area contributed by atoms with E-state index in [9.17, 15) is 26.3 Å². The van der Waals surface area contributed by atoms with Crippen LogP contribution in [0.2, 0.25) is 0 Å². The highest BCUT2D eigenvalue weighted by atomic mass is 79.9. The van der Waals surface area contributed by atoms with Crippen LogP contribution in [0.1, 0.15) is 0 Å². The van der Waals surface area contributed by atoms with Crippen LogP contribution in [0.5, 0.6) is 0 Å². The number of hydrogen-bond donors (Lipinski definition) is 0. The molecular weight excluding hydrogens is 357 g/mol. The molecule has 0 aliphatic rings. The van der Waals surface area contributed by atoms with Crippen molar-refractivity contribution in [2.75, 3.05) is 0 Å². The highest BCUT2D eigenvalue weighted by Gasteiger charge is 2.65. The van der Waals surface area contributed by atoms with E-state index in [0.717, 1.165) is 0 Å². The normalized spacial score (nSPS) is 21.0. The topological polar surface area (TPSA) is 0 Å². The molecule has 0 spiro atoms. The van der Waals surface area contributed by atoms with Gasteiger partial charge in [0.25, 0.3) is 5.13 Å². The van der Waals surface area contributed by atoms with Gasteiger partial charge >= 0.3 is 9.66 Å². The zero-order chi connectivity index (χ0) is 11.1. The van der Waals surface area contributed by atoms with Gasteiger partial charge < -0.3 is 0 Å². The van der Waals surface area contributed by atoms with Crippen molar-refractivity contribution >= 4 is 43.5 Å². The second-order valence-corrected chi connectivity index (χ2v) is 4.63. The molecule has 0 aliphatic heterocycles. The minimum absolute atomic E-state index is 1.36. The van der Waals surface area contributed by atoms with Crippen molar-refractivity contribution < 1.29 is 26.3 Å². The van der Waals surface area contributed by atoms with E-state index in [2.05, 4.69) is 11.6 Å². The summed E-state index contributed by atoms with van der Waals surface area (Å²) in [5.74, 6) is 0. The Morgan fingerprint density at radius 3 is 1.38 bits per heavy atom. The fraction of sp³-hybridized carbons (Fsp3) is 1.00. The predicted octanol–water partition coefficient (Wildman–Crippen LogP) is 4.20. The standard InChI is InChI=1S/C4HBr2ClF6/c5-3(10,11)1(8)2(7,9)4(6,12)13/h1H. The molecule has 0 amide bonds. The number of alkyl halides is 9. The molecule has 13 heavy (non-hydrogen) atoms. The first-order chi connectivity index (χ1) is 5.40. The van der Waals surface area contributed by atoms with Crippen LogP contribution in [-0.2, 0) is 0 Å². The predicted molar refractivity (Wildman–Crippen MR) is 42.3 cm³/mol. The smallest absolute Gasteiger partial charge is 0.234 e. The summed E-state index contributed by atoms with van der Waals surface area (Å²) >= 11 is 7.04. The van der Waals surface area contributed by atoms with Crippen molar-refractivity contribution in [1.82, 2.24) is 0 Å². The van der Waals surface area contributed by atoms with Gasteiger partial charge in [-0.3, -0.25) is 0 Å². The summed E-state index contributed by atoms with van der Waals surface area (Å²) in [6.07, 6.45) is -3.89. The number of hydrogen-bond acceptors (Lipinski definition) is 0. The van der Waals surface area contributed by atoms with Crippen LogP contribution in [0.25, 0.3) is 0 Å². The number of rotatable bonds is 3. The molecule has 0 rings (SSSR count). The average molecular weight is 358 g/mol. The third-order valence-electron chi connectivity index (χ3n) is 0.984. The van der Waals surface area contributed by atoms with Crippen LogP contribution >= 0.6 is 43.5 Å². The van der Waals surface area contributed by atoms with Crippen molar-refractivity contribution in [3.63, 3.8) is 0 Å². The molecule has 0 saturated heterocycles. The SMILES string of the molecule is FC(C(F)(F)Br)C(F)(Cl)C(F)(F)Br. The monoisotopic (exact) mass is 356 g/mol. The first kappa shape index (κ1) is 13.8. The molecule has 0 nitrogen and oxygen atoms in total. The van der Waals surface area contributed by atoms with Crippen molar-refractivity contribution in [3.05, 3.63) is 0 Å². The summed E-state index contributed by atoms with van der Waals surface area (Å²) in [6.45, 7) is 0. The molecule has 0 aromatic heterocycles. The molecule has 9 heteroatoms. The highest BCUT2D eigenvalue weighted by Crippen LogP contribution is 2.50. The van der Waals surface area contributed by atoms with Crippen molar-refractivity contribution in [1.29, 1.82) is 0 Å². The summed E-state index contributed by atoms with van der Waals surface area (Å²) in [7, 11) is 0. The molecule has 0 aliphatic carbocycles. The van der Waals surface area contributed by atoms with Gasteiger partial charge in [-0.2, -0.15) is 17.6 Å². The molecule has 0 N–H and O–H groups in total. The van der Waals surface area contributed by atoms with E-state index in [0.29, 0.717) is 0 Å². The van der Waals surface area contributed by atoms with Gasteiger partial charge in [-0.15, -0.1) is 0 Å². The van der Waals surface area contributed by atoms with E-state index < -0.39 is 21.0 Å². The zero-order valence-electron chi connectivity index (χ0n) is 5.48. The largest absolute Gasteiger partial charge is 0.351 e. The fourth-order valence-electron chi connectivity index (χ4n) is 0.349. The average Bonchev–Trinajstić information content (AvgIpc) is 1.81. The molecule has 0 aromatic rings. The summed E-state index contributed by atoms with van der Waals surface area (Å²) in [5.41, 5.74) is 0. The van der Waals surface area contributed by atoms with E-state index in [1.807, 2.05) is 0 Å². The molecule has 0 fully saturated rings. The van der Waals surface area contributed by atoms with Gasteiger partial charge in [0.2, 0.25) is 6.17 Å². The van der Waals surface area contributed by atoms with Crippen LogP contribution in [0.15, 0.2) is 0 Å². The van der Waals surface area contributed by atoms with E-state index >= 15 is 0 Å². The van der Waals surface area contributed by atoms with Crippen molar-refractivity contribution in [2.24, 2.45) is 0 Å². The van der Waals surface area contributed by atoms with Crippen LogP contribution in [0.4, 0.5) is 26.3 Å². The first-order valence-electron chi connectivity index (χ1n) is 2.56. The third-order valence-corrected chi connectivity index (χ3v) is 2.62. The molecule has 2 unspecified atom stereocenters. The Hall–Kier alpha value is 0.830. The van der Waals surface area contributed by atoms with Crippen LogP contribution in [0, 0.1) is 0 Å². The van der Waals surface area contributed by atoms with Gasteiger partial charge in [0.1, 0.15) is 0 Å². The minimum Gasteiger partial charge on any atom is -0.234 e. The molecule has 0 radical (unpaired) electrons. The van der Waals surface area contributed by atoms with Gasteiger partial charge in [0, 0.05) is 0 Å². The molecule has 0 saturated carbocycles. The van der Waals surface area contributed by atoms with Gasteiger partial charge in [0.05, 0.1) is 0 Å². The van der Waals surface area contributed by atoms with E-state index in [-0.39, 0.29) is 0 Å². The lowest BCUT2D eigenvalue weighted by atomic mass is 10.2. The Morgan fingerprint density at radius 2 is 1.31 bits per heavy atom. The molecule has 0 bridgehead atoms. The van der Waals surface area contributed by atoms with Gasteiger partial charge in [-0.25, -0.2) is 8.78 Å². The van der Waals surface area contributed by atoms with Crippen LogP contribution < -0.4 is 0 Å². The van der Waals surface area contributed by atoms with Gasteiger partial charge in [-0.05, 0) is 31.9 Å². The van der Waals surface area contributed by atoms with Gasteiger partial charge in [0.15, 0.2) is 0 Å². The van der Waals surface area contributed by atoms with Crippen LogP contribution in [0.3, 0.4) is 0 Å². The zero-order valence-corrected chi connectivity index (χ0v) is 9.41. The lowest BCUT2D eigenvalue weighted by molar-refractivity contribution is -0.105. The molecule has 2 atom stereocenters. The quantitative estimate of drug-likeness (QED) is 0.524. The summed E-state index contributed by atoms with van der Waals surface area (Å²) in [4.78, 5) is -9.07. The lowest BCUT2D eigenvalue weighted by Crippen LogP contribution is -2.49. The maximum atomic E-state index is 12.6. The second-order valence-electron chi connectivity index (χ2n) is 2.02. The third kappa shape index (κ3) is 3.16. The Bertz CT molecular complexity index is 184. The molecule has 0 aromatic carbocycles. The van der Waals surface area contributed by atoms with Crippen molar-refractivity contribution in [2.45, 2.75) is 21.0 Å². The Morgan fingerprint density at radius 1 is 1.00 bits per heavy atom. The first-order valence-corrected chi connectivity index (χ1v) is 4.52. The molecule has 0 heterocycles. The highest BCUT2D eigenvalue weighted by molar-refractivity contribution is 9.10. The second kappa shape index (κ2) is 3.77. The maximum Gasteiger partial charge on any atom is 0.351 e. The summed E-state index contributed by atoms with van der Waals surface area (Å²) in [5, 5.41) is -4.53. The summed E-state index contributed by atoms with van der Waals surface area (Å²) < 4.78 is 73.1. The number of halogens is 9. The molecular formula is C4HBr2ClF6. The van der Waals surface area contributed by atoms with E-state index in [1.165, 1.54) is 31.9 Å². The van der Waals surface area contributed by atoms with Gasteiger partial charge in [-0.1, -0.05) is 11.6 Å². The Labute approximate surface area is 90.9 Å². The lowest BCUT2D eigenvalue weighted by Gasteiger charge is -2.28. The molecule has 80 valence electrons. The Kier molecular flexibility index (Phi) is 4.01. The maximum absolute atomic E-state index is 12.6.